The van der Waals surface area contributed by atoms with Crippen LogP contribution >= 0.6 is 0 Å². The molecule has 2 aliphatic heterocycles. The molecule has 0 unspecified atom stereocenters. The number of hydrogen-bond acceptors (Lipinski definition) is 4. The number of hydrogen-bond donors (Lipinski definition) is 2. The largest absolute Gasteiger partial charge is 0.375 e. The highest BCUT2D eigenvalue weighted by Gasteiger charge is 2.51. The maximum Gasteiger partial charge on any atom is 0.268 e. The lowest BCUT2D eigenvalue weighted by Gasteiger charge is -2.29. The second-order valence-corrected chi connectivity index (χ2v) is 7.52. The van der Waals surface area contributed by atoms with Gasteiger partial charge >= 0.3 is 0 Å². The Labute approximate surface area is 170 Å². The lowest BCUT2D eigenvalue weighted by Crippen LogP contribution is -3.15. The van der Waals surface area contributed by atoms with E-state index in [4.69, 9.17) is 4.74 Å². The Bertz CT molecular complexity index is 921. The number of amides is 1. The number of aliphatic hydroxyl groups is 1. The molecular formula is C23H25N2O4+. The van der Waals surface area contributed by atoms with Gasteiger partial charge in [-0.2, -0.15) is 0 Å². The third-order valence-electron chi connectivity index (χ3n) is 5.51. The van der Waals surface area contributed by atoms with E-state index in [9.17, 15) is 14.7 Å². The van der Waals surface area contributed by atoms with Crippen LogP contribution in [0.25, 0.3) is 6.08 Å². The molecule has 0 aromatic heterocycles. The van der Waals surface area contributed by atoms with Gasteiger partial charge in [0.15, 0.2) is 18.1 Å². The van der Waals surface area contributed by atoms with Gasteiger partial charge in [0.25, 0.3) is 5.91 Å². The van der Waals surface area contributed by atoms with Crippen LogP contribution < -0.4 is 9.80 Å². The molecule has 1 fully saturated rings. The lowest BCUT2D eigenvalue weighted by atomic mass is 9.90. The van der Waals surface area contributed by atoms with Gasteiger partial charge in [-0.05, 0) is 17.7 Å². The van der Waals surface area contributed by atoms with Crippen LogP contribution in [0, 0.1) is 0 Å². The summed E-state index contributed by atoms with van der Waals surface area (Å²) in [5, 5.41) is 11.3. The van der Waals surface area contributed by atoms with Gasteiger partial charge in [0.2, 0.25) is 0 Å². The van der Waals surface area contributed by atoms with E-state index in [1.165, 1.54) is 11.0 Å². The number of carbonyl (C=O) groups excluding carboxylic acids is 2. The first-order valence-electron chi connectivity index (χ1n) is 9.89. The highest BCUT2D eigenvalue weighted by Crippen LogP contribution is 2.41. The van der Waals surface area contributed by atoms with Gasteiger partial charge in [-0.1, -0.05) is 54.6 Å². The minimum absolute atomic E-state index is 0.277. The molecule has 0 saturated carbocycles. The van der Waals surface area contributed by atoms with Crippen molar-refractivity contribution in [1.29, 1.82) is 0 Å². The second-order valence-electron chi connectivity index (χ2n) is 7.52. The first kappa shape index (κ1) is 19.5. The molecule has 1 amide bonds. The van der Waals surface area contributed by atoms with Crippen LogP contribution in [0.5, 0.6) is 0 Å². The number of ketones is 1. The average molecular weight is 393 g/mol. The summed E-state index contributed by atoms with van der Waals surface area (Å²) in [4.78, 5) is 28.6. The fraction of sp³-hybridized carbons (Fsp3) is 0.304. The van der Waals surface area contributed by atoms with Crippen molar-refractivity contribution in [2.75, 3.05) is 37.9 Å². The van der Waals surface area contributed by atoms with Crippen LogP contribution in [-0.4, -0.2) is 49.8 Å². The summed E-state index contributed by atoms with van der Waals surface area (Å²) < 4.78 is 5.39. The third kappa shape index (κ3) is 4.00. The molecule has 150 valence electrons. The van der Waals surface area contributed by atoms with E-state index in [-0.39, 0.29) is 12.2 Å². The van der Waals surface area contributed by atoms with E-state index in [2.05, 4.69) is 0 Å². The maximum absolute atomic E-state index is 13.2. The molecule has 6 heteroatoms. The van der Waals surface area contributed by atoms with Crippen molar-refractivity contribution in [3.8, 4) is 0 Å². The van der Waals surface area contributed by atoms with Crippen LogP contribution in [0.15, 0.2) is 60.7 Å². The zero-order chi connectivity index (χ0) is 20.3. The summed E-state index contributed by atoms with van der Waals surface area (Å²) in [5.41, 5.74) is 0.238. The fourth-order valence-electron chi connectivity index (χ4n) is 3.94. The molecular weight excluding hydrogens is 368 g/mol. The van der Waals surface area contributed by atoms with Crippen LogP contribution in [0.2, 0.25) is 0 Å². The summed E-state index contributed by atoms with van der Waals surface area (Å²) in [6.45, 7) is 3.39. The third-order valence-corrected chi connectivity index (χ3v) is 5.51. The molecule has 2 aromatic rings. The Morgan fingerprint density at radius 3 is 2.55 bits per heavy atom. The number of anilines is 1. The quantitative estimate of drug-likeness (QED) is 0.711. The minimum atomic E-state index is -1.83. The van der Waals surface area contributed by atoms with E-state index in [1.807, 2.05) is 42.5 Å². The molecule has 0 bridgehead atoms. The van der Waals surface area contributed by atoms with Gasteiger partial charge in [0.05, 0.1) is 25.3 Å². The summed E-state index contributed by atoms with van der Waals surface area (Å²) in [6, 6.07) is 16.7. The summed E-state index contributed by atoms with van der Waals surface area (Å²) in [6.07, 6.45) is 2.85. The Morgan fingerprint density at radius 1 is 1.10 bits per heavy atom. The predicted octanol–water partition coefficient (Wildman–Crippen LogP) is 0.766. The zero-order valence-electron chi connectivity index (χ0n) is 16.2. The molecule has 0 radical (unpaired) electrons. The van der Waals surface area contributed by atoms with Crippen LogP contribution in [0.1, 0.15) is 17.5 Å². The number of benzene rings is 2. The molecule has 1 saturated heterocycles. The van der Waals surface area contributed by atoms with Crippen molar-refractivity contribution in [2.45, 2.75) is 12.0 Å². The van der Waals surface area contributed by atoms with Gasteiger partial charge in [-0.15, -0.1) is 0 Å². The monoisotopic (exact) mass is 393 g/mol. The minimum Gasteiger partial charge on any atom is -0.375 e. The van der Waals surface area contributed by atoms with Gasteiger partial charge in [-0.3, -0.25) is 14.5 Å². The lowest BCUT2D eigenvalue weighted by molar-refractivity contribution is -0.906. The standard InChI is InChI=1S/C23H24N2O4/c26-19(11-10-18-6-2-1-3-7-18)16-23(28)20-8-4-5-9-21(20)25(22(23)27)17-24-12-14-29-15-13-24/h1-11,28H,12-17H2/p+1/b11-10+/t23-/m1/s1. The zero-order valence-corrected chi connectivity index (χ0v) is 16.2. The van der Waals surface area contributed by atoms with E-state index in [0.717, 1.165) is 18.7 Å². The Hall–Kier alpha value is -2.80. The Morgan fingerprint density at radius 2 is 1.79 bits per heavy atom. The average Bonchev–Trinajstić information content (AvgIpc) is 2.96. The molecule has 2 aliphatic rings. The number of quaternary nitrogens is 1. The highest BCUT2D eigenvalue weighted by molar-refractivity contribution is 6.10. The first-order valence-corrected chi connectivity index (χ1v) is 9.89. The molecule has 0 spiro atoms. The first-order chi connectivity index (χ1) is 14.1. The molecule has 2 heterocycles. The number of morpholine rings is 1. The van der Waals surface area contributed by atoms with Crippen molar-refractivity contribution in [3.63, 3.8) is 0 Å². The fourth-order valence-corrected chi connectivity index (χ4v) is 3.94. The normalized spacial score (nSPS) is 22.2. The van der Waals surface area contributed by atoms with Crippen LogP contribution in [-0.2, 0) is 19.9 Å². The Kier molecular flexibility index (Phi) is 5.58. The smallest absolute Gasteiger partial charge is 0.268 e. The molecule has 2 N–H and O–H groups in total. The number of nitrogens with one attached hydrogen (secondary N) is 1. The molecule has 1 atom stereocenters. The maximum atomic E-state index is 13.2. The number of ether oxygens (including phenoxy) is 1. The number of carbonyl (C=O) groups is 2. The highest BCUT2D eigenvalue weighted by atomic mass is 16.5. The second kappa shape index (κ2) is 8.29. The van der Waals surface area contributed by atoms with Gasteiger partial charge < -0.3 is 14.7 Å². The molecule has 29 heavy (non-hydrogen) atoms. The van der Waals surface area contributed by atoms with Crippen molar-refractivity contribution < 1.29 is 24.3 Å². The topological polar surface area (TPSA) is 71.3 Å². The number of nitrogens with zero attached hydrogens (tertiary/aromatic N) is 1. The number of fused-ring (bicyclic) bond motifs is 1. The Balaban J connectivity index is 1.54. The van der Waals surface area contributed by atoms with Gasteiger partial charge in [-0.25, -0.2) is 0 Å². The van der Waals surface area contributed by atoms with Crippen LogP contribution in [0.4, 0.5) is 5.69 Å². The van der Waals surface area contributed by atoms with Crippen molar-refractivity contribution >= 4 is 23.5 Å². The summed E-state index contributed by atoms with van der Waals surface area (Å²) in [5.74, 6) is -0.723. The van der Waals surface area contributed by atoms with Crippen molar-refractivity contribution in [2.24, 2.45) is 0 Å². The molecule has 0 aliphatic carbocycles. The summed E-state index contributed by atoms with van der Waals surface area (Å²) >= 11 is 0. The molecule has 2 aromatic carbocycles. The van der Waals surface area contributed by atoms with E-state index in [0.29, 0.717) is 31.1 Å². The number of allylic oxidation sites excluding steroid dienone is 1. The van der Waals surface area contributed by atoms with E-state index in [1.54, 1.807) is 23.1 Å². The van der Waals surface area contributed by atoms with Crippen LogP contribution in [0.3, 0.4) is 0 Å². The van der Waals surface area contributed by atoms with E-state index >= 15 is 0 Å². The van der Waals surface area contributed by atoms with Crippen molar-refractivity contribution in [1.82, 2.24) is 0 Å². The SMILES string of the molecule is O=C(/C=C/c1ccccc1)C[C@]1(O)C(=O)N(C[NH+]2CCOCC2)c2ccccc21. The van der Waals surface area contributed by atoms with Crippen molar-refractivity contribution in [3.05, 3.63) is 71.8 Å². The molecule has 6 nitrogen and oxygen atoms in total. The van der Waals surface area contributed by atoms with E-state index < -0.39 is 11.5 Å². The predicted molar refractivity (Wildman–Crippen MR) is 109 cm³/mol. The molecule has 4 rings (SSSR count). The number of para-hydroxylation sites is 1. The summed E-state index contributed by atoms with van der Waals surface area (Å²) in [7, 11) is 0. The van der Waals surface area contributed by atoms with Gasteiger partial charge in [0.1, 0.15) is 13.1 Å². The number of rotatable bonds is 6. The van der Waals surface area contributed by atoms with Gasteiger partial charge in [0, 0.05) is 5.56 Å².